The first-order valence-corrected chi connectivity index (χ1v) is 3.49. The number of hydrogen-bond donors (Lipinski definition) is 0. The van der Waals surface area contributed by atoms with Crippen LogP contribution >= 0.6 is 0 Å². The van der Waals surface area contributed by atoms with E-state index in [2.05, 4.69) is 4.74 Å². The standard InChI is InChI=1S/C6H7F7O/c1-2-14-4(6(11,12)13)3(7)5(8,9)10/h3-4H,2H2,1H3. The Morgan fingerprint density at radius 1 is 1.00 bits per heavy atom. The second-order valence-electron chi connectivity index (χ2n) is 2.36. The molecule has 0 rings (SSSR count). The maximum absolute atomic E-state index is 12.3. The lowest BCUT2D eigenvalue weighted by atomic mass is 10.2. The van der Waals surface area contributed by atoms with Crippen LogP contribution < -0.4 is 0 Å². The maximum Gasteiger partial charge on any atom is 0.422 e. The van der Waals surface area contributed by atoms with E-state index in [1.54, 1.807) is 0 Å². The lowest BCUT2D eigenvalue weighted by molar-refractivity contribution is -0.287. The van der Waals surface area contributed by atoms with Gasteiger partial charge in [-0.2, -0.15) is 26.3 Å². The molecule has 0 aliphatic carbocycles. The van der Waals surface area contributed by atoms with Gasteiger partial charge in [0, 0.05) is 6.61 Å². The van der Waals surface area contributed by atoms with E-state index in [-0.39, 0.29) is 0 Å². The number of ether oxygens (including phenoxy) is 1. The van der Waals surface area contributed by atoms with Gasteiger partial charge in [-0.25, -0.2) is 4.39 Å². The van der Waals surface area contributed by atoms with E-state index in [1.165, 1.54) is 0 Å². The molecule has 8 heteroatoms. The van der Waals surface area contributed by atoms with Gasteiger partial charge in [-0.05, 0) is 6.92 Å². The summed E-state index contributed by atoms with van der Waals surface area (Å²) in [5.74, 6) is 0. The molecule has 0 amide bonds. The minimum absolute atomic E-state index is 0.652. The minimum atomic E-state index is -5.57. The number of rotatable bonds is 3. The Morgan fingerprint density at radius 3 is 1.64 bits per heavy atom. The molecule has 0 bridgehead atoms. The molecule has 0 spiro atoms. The van der Waals surface area contributed by atoms with Crippen molar-refractivity contribution in [1.82, 2.24) is 0 Å². The van der Waals surface area contributed by atoms with Crippen molar-refractivity contribution in [1.29, 1.82) is 0 Å². The fraction of sp³-hybridized carbons (Fsp3) is 1.00. The van der Waals surface area contributed by atoms with Crippen molar-refractivity contribution in [2.45, 2.75) is 31.6 Å². The summed E-state index contributed by atoms with van der Waals surface area (Å²) in [6.45, 7) is 0.391. The summed E-state index contributed by atoms with van der Waals surface area (Å²) in [5, 5.41) is 0. The van der Waals surface area contributed by atoms with Gasteiger partial charge in [0.1, 0.15) is 0 Å². The van der Waals surface area contributed by atoms with Crippen molar-refractivity contribution in [2.24, 2.45) is 0 Å². The molecular weight excluding hydrogens is 221 g/mol. The molecule has 0 N–H and O–H groups in total. The quantitative estimate of drug-likeness (QED) is 0.675. The van der Waals surface area contributed by atoms with Crippen LogP contribution in [0.2, 0.25) is 0 Å². The van der Waals surface area contributed by atoms with Crippen LogP contribution in [0.5, 0.6) is 0 Å². The highest BCUT2D eigenvalue weighted by Crippen LogP contribution is 2.35. The van der Waals surface area contributed by atoms with Crippen molar-refractivity contribution in [3.63, 3.8) is 0 Å². The second kappa shape index (κ2) is 4.33. The summed E-state index contributed by atoms with van der Waals surface area (Å²) in [5.41, 5.74) is 0. The molecule has 1 nitrogen and oxygen atoms in total. The molecule has 0 saturated carbocycles. The average Bonchev–Trinajstić information content (AvgIpc) is 1.94. The zero-order valence-corrected chi connectivity index (χ0v) is 6.92. The van der Waals surface area contributed by atoms with Crippen LogP contribution in [-0.4, -0.2) is 31.2 Å². The predicted octanol–water partition coefficient (Wildman–Crippen LogP) is 2.85. The second-order valence-corrected chi connectivity index (χ2v) is 2.36. The van der Waals surface area contributed by atoms with Gasteiger partial charge in [0.15, 0.2) is 6.10 Å². The third-order valence-corrected chi connectivity index (χ3v) is 1.25. The Balaban J connectivity index is 4.67. The summed E-state index contributed by atoms with van der Waals surface area (Å²) in [6.07, 6.45) is -18.4. The van der Waals surface area contributed by atoms with Gasteiger partial charge >= 0.3 is 12.4 Å². The highest BCUT2D eigenvalue weighted by molar-refractivity contribution is 4.82. The van der Waals surface area contributed by atoms with Crippen molar-refractivity contribution >= 4 is 0 Å². The molecule has 0 fully saturated rings. The van der Waals surface area contributed by atoms with Crippen LogP contribution in [0.15, 0.2) is 0 Å². The number of alkyl halides is 7. The lowest BCUT2D eigenvalue weighted by Crippen LogP contribution is -2.47. The van der Waals surface area contributed by atoms with E-state index in [9.17, 15) is 30.7 Å². The molecule has 0 aromatic carbocycles. The van der Waals surface area contributed by atoms with Crippen molar-refractivity contribution in [2.75, 3.05) is 6.61 Å². The molecule has 86 valence electrons. The first kappa shape index (κ1) is 13.5. The van der Waals surface area contributed by atoms with Crippen LogP contribution in [0.3, 0.4) is 0 Å². The third-order valence-electron chi connectivity index (χ3n) is 1.25. The molecule has 0 saturated heterocycles. The van der Waals surface area contributed by atoms with Crippen LogP contribution in [0, 0.1) is 0 Å². The summed E-state index contributed by atoms with van der Waals surface area (Å²) >= 11 is 0. The molecule has 0 heterocycles. The normalized spacial score (nSPS) is 18.0. The largest absolute Gasteiger partial charge is 0.422 e. The molecular formula is C6H7F7O. The van der Waals surface area contributed by atoms with E-state index >= 15 is 0 Å². The summed E-state index contributed by atoms with van der Waals surface area (Å²) in [7, 11) is 0. The summed E-state index contributed by atoms with van der Waals surface area (Å²) < 4.78 is 86.2. The topological polar surface area (TPSA) is 9.23 Å². The minimum Gasteiger partial charge on any atom is -0.366 e. The summed E-state index contributed by atoms with van der Waals surface area (Å²) in [6, 6.07) is 0. The zero-order valence-electron chi connectivity index (χ0n) is 6.92. The van der Waals surface area contributed by atoms with Crippen LogP contribution in [0.1, 0.15) is 6.92 Å². The van der Waals surface area contributed by atoms with E-state index in [4.69, 9.17) is 0 Å². The molecule has 2 unspecified atom stereocenters. The highest BCUT2D eigenvalue weighted by atomic mass is 19.4. The zero-order chi connectivity index (χ0) is 11.6. The molecule has 0 aliphatic heterocycles. The third kappa shape index (κ3) is 3.69. The SMILES string of the molecule is CCOC(C(F)C(F)(F)F)C(F)(F)F. The smallest absolute Gasteiger partial charge is 0.366 e. The van der Waals surface area contributed by atoms with E-state index in [0.717, 1.165) is 6.92 Å². The fourth-order valence-electron chi connectivity index (χ4n) is 0.696. The lowest BCUT2D eigenvalue weighted by Gasteiger charge is -2.24. The van der Waals surface area contributed by atoms with Crippen LogP contribution in [-0.2, 0) is 4.74 Å². The Hall–Kier alpha value is -0.530. The predicted molar refractivity (Wildman–Crippen MR) is 32.4 cm³/mol. The van der Waals surface area contributed by atoms with Gasteiger partial charge in [-0.15, -0.1) is 0 Å². The van der Waals surface area contributed by atoms with E-state index in [1.807, 2.05) is 0 Å². The van der Waals surface area contributed by atoms with Gasteiger partial charge < -0.3 is 4.74 Å². The Bertz CT molecular complexity index is 172. The van der Waals surface area contributed by atoms with Gasteiger partial charge in [-0.1, -0.05) is 0 Å². The van der Waals surface area contributed by atoms with Gasteiger partial charge in [0.05, 0.1) is 0 Å². The monoisotopic (exact) mass is 228 g/mol. The maximum atomic E-state index is 12.3. The van der Waals surface area contributed by atoms with E-state index < -0.39 is 31.2 Å². The van der Waals surface area contributed by atoms with Crippen LogP contribution in [0.4, 0.5) is 30.7 Å². The fourth-order valence-corrected chi connectivity index (χ4v) is 0.696. The Morgan fingerprint density at radius 2 is 1.43 bits per heavy atom. The van der Waals surface area contributed by atoms with Crippen molar-refractivity contribution in [3.8, 4) is 0 Å². The van der Waals surface area contributed by atoms with Gasteiger partial charge in [0.25, 0.3) is 0 Å². The molecule has 0 aromatic heterocycles. The molecule has 0 aliphatic rings. The first-order chi connectivity index (χ1) is 6.10. The summed E-state index contributed by atoms with van der Waals surface area (Å²) in [4.78, 5) is 0. The van der Waals surface area contributed by atoms with Gasteiger partial charge in [-0.3, -0.25) is 0 Å². The molecule has 2 atom stereocenters. The highest BCUT2D eigenvalue weighted by Gasteiger charge is 2.56. The molecule has 0 radical (unpaired) electrons. The molecule has 0 aromatic rings. The average molecular weight is 228 g/mol. The van der Waals surface area contributed by atoms with Crippen LogP contribution in [0.25, 0.3) is 0 Å². The van der Waals surface area contributed by atoms with Crippen molar-refractivity contribution in [3.05, 3.63) is 0 Å². The first-order valence-electron chi connectivity index (χ1n) is 3.49. The van der Waals surface area contributed by atoms with Crippen molar-refractivity contribution < 1.29 is 35.5 Å². The Labute approximate surface area is 74.8 Å². The number of hydrogen-bond acceptors (Lipinski definition) is 1. The van der Waals surface area contributed by atoms with Gasteiger partial charge in [0.2, 0.25) is 6.17 Å². The number of halogens is 7. The molecule has 14 heavy (non-hydrogen) atoms. The van der Waals surface area contributed by atoms with E-state index in [0.29, 0.717) is 0 Å². The Kier molecular flexibility index (Phi) is 4.16.